The molecular weight excluding hydrogens is 348 g/mol. The number of nitrogens with zero attached hydrogens (tertiary/aromatic N) is 1. The monoisotopic (exact) mass is 382 g/mol. The number of amides is 1. The fourth-order valence-electron chi connectivity index (χ4n) is 2.93. The highest BCUT2D eigenvalue weighted by molar-refractivity contribution is 7.92. The number of benzene rings is 1. The molecule has 0 saturated carbocycles. The molecule has 26 heavy (non-hydrogen) atoms. The number of nitrogens with one attached hydrogen (secondary N) is 1. The number of para-hydroxylation sites is 1. The molecule has 0 fully saturated rings. The topological polar surface area (TPSA) is 66.5 Å². The number of sulfonamides is 1. The minimum Gasteiger partial charge on any atom is -0.351 e. The van der Waals surface area contributed by atoms with Crippen LogP contribution in [0.1, 0.15) is 77.8 Å². The van der Waals surface area contributed by atoms with Crippen LogP contribution in [0.4, 0.5) is 5.69 Å². The van der Waals surface area contributed by atoms with E-state index in [1.54, 1.807) is 0 Å². The molecule has 5 nitrogen and oxygen atoms in total. The normalized spacial score (nSPS) is 12.5. The minimum atomic E-state index is -3.52. The molecule has 0 aliphatic rings. The summed E-state index contributed by atoms with van der Waals surface area (Å²) in [5.74, 6) is 0.201. The van der Waals surface area contributed by atoms with Gasteiger partial charge in [0.15, 0.2) is 0 Å². The lowest BCUT2D eigenvalue weighted by Gasteiger charge is -2.30. The molecule has 0 saturated heterocycles. The van der Waals surface area contributed by atoms with E-state index in [1.807, 2.05) is 39.0 Å². The van der Waals surface area contributed by atoms with Gasteiger partial charge in [0.05, 0.1) is 11.9 Å². The van der Waals surface area contributed by atoms with Gasteiger partial charge in [0.2, 0.25) is 15.9 Å². The van der Waals surface area contributed by atoms with Crippen LogP contribution in [-0.4, -0.2) is 32.7 Å². The fourth-order valence-corrected chi connectivity index (χ4v) is 3.89. The van der Waals surface area contributed by atoms with Crippen LogP contribution in [0.25, 0.3) is 0 Å². The molecule has 1 aromatic carbocycles. The van der Waals surface area contributed by atoms with Crippen LogP contribution < -0.4 is 9.62 Å². The Labute approximate surface area is 159 Å². The van der Waals surface area contributed by atoms with Crippen molar-refractivity contribution in [3.8, 4) is 0 Å². The van der Waals surface area contributed by atoms with Crippen molar-refractivity contribution in [3.05, 3.63) is 29.3 Å². The van der Waals surface area contributed by atoms with Gasteiger partial charge in [-0.25, -0.2) is 8.42 Å². The van der Waals surface area contributed by atoms with Gasteiger partial charge in [-0.05, 0) is 43.7 Å². The predicted molar refractivity (Wildman–Crippen MR) is 109 cm³/mol. The molecule has 6 heteroatoms. The van der Waals surface area contributed by atoms with E-state index in [0.717, 1.165) is 16.8 Å². The highest BCUT2D eigenvalue weighted by Crippen LogP contribution is 2.36. The summed E-state index contributed by atoms with van der Waals surface area (Å²) in [7, 11) is -3.52. The first-order valence-electron chi connectivity index (χ1n) is 9.15. The largest absolute Gasteiger partial charge is 0.351 e. The second-order valence-corrected chi connectivity index (χ2v) is 10.4. The van der Waals surface area contributed by atoms with E-state index in [0.29, 0.717) is 0 Å². The lowest BCUT2D eigenvalue weighted by molar-refractivity contribution is -0.122. The van der Waals surface area contributed by atoms with Crippen molar-refractivity contribution in [2.24, 2.45) is 0 Å². The lowest BCUT2D eigenvalue weighted by Crippen LogP contribution is -2.43. The summed E-state index contributed by atoms with van der Waals surface area (Å²) >= 11 is 0. The Bertz CT molecular complexity index is 706. The molecule has 0 bridgehead atoms. The molecule has 0 unspecified atom stereocenters. The van der Waals surface area contributed by atoms with Crippen molar-refractivity contribution >= 4 is 21.6 Å². The van der Waals surface area contributed by atoms with Gasteiger partial charge in [0.25, 0.3) is 0 Å². The Morgan fingerprint density at radius 2 is 1.54 bits per heavy atom. The number of hydrogen-bond donors (Lipinski definition) is 1. The summed E-state index contributed by atoms with van der Waals surface area (Å²) in [5.41, 5.74) is 2.35. The van der Waals surface area contributed by atoms with Crippen molar-refractivity contribution in [1.82, 2.24) is 5.32 Å². The van der Waals surface area contributed by atoms with Crippen LogP contribution in [0.15, 0.2) is 18.2 Å². The number of anilines is 1. The third-order valence-corrected chi connectivity index (χ3v) is 5.21. The highest BCUT2D eigenvalue weighted by atomic mass is 32.2. The highest BCUT2D eigenvalue weighted by Gasteiger charge is 2.26. The number of carbonyl (C=O) groups is 1. The van der Waals surface area contributed by atoms with Gasteiger partial charge in [-0.15, -0.1) is 0 Å². The molecule has 148 valence electrons. The maximum Gasteiger partial charge on any atom is 0.232 e. The Morgan fingerprint density at radius 3 is 1.88 bits per heavy atom. The molecule has 1 rings (SSSR count). The van der Waals surface area contributed by atoms with E-state index >= 15 is 0 Å². The van der Waals surface area contributed by atoms with E-state index in [-0.39, 0.29) is 36.2 Å². The van der Waals surface area contributed by atoms with Crippen LogP contribution in [-0.2, 0) is 14.8 Å². The van der Waals surface area contributed by atoms with E-state index in [9.17, 15) is 13.2 Å². The zero-order valence-corrected chi connectivity index (χ0v) is 18.2. The first-order valence-corrected chi connectivity index (χ1v) is 11.0. The van der Waals surface area contributed by atoms with Gasteiger partial charge in [0.1, 0.15) is 0 Å². The SMILES string of the molecule is CC(C)c1cccc(C(C)C)c1N(CCC(=O)NC(C)(C)C)S(C)(=O)=O. The average Bonchev–Trinajstić information content (AvgIpc) is 2.43. The quantitative estimate of drug-likeness (QED) is 0.775. The third-order valence-electron chi connectivity index (χ3n) is 4.05. The molecule has 0 aliphatic carbocycles. The van der Waals surface area contributed by atoms with Crippen molar-refractivity contribution in [1.29, 1.82) is 0 Å². The molecule has 0 atom stereocenters. The van der Waals surface area contributed by atoms with Crippen LogP contribution in [0.2, 0.25) is 0 Å². The van der Waals surface area contributed by atoms with E-state index in [2.05, 4.69) is 33.0 Å². The van der Waals surface area contributed by atoms with Gasteiger partial charge in [0, 0.05) is 18.5 Å². The Balaban J connectivity index is 3.33. The number of hydrogen-bond acceptors (Lipinski definition) is 3. The molecule has 0 aromatic heterocycles. The summed E-state index contributed by atoms with van der Waals surface area (Å²) in [6.45, 7) is 14.1. The Hall–Kier alpha value is -1.56. The summed E-state index contributed by atoms with van der Waals surface area (Å²) in [4.78, 5) is 12.2. The van der Waals surface area contributed by atoms with Crippen LogP contribution >= 0.6 is 0 Å². The Morgan fingerprint density at radius 1 is 1.08 bits per heavy atom. The first kappa shape index (κ1) is 22.5. The Kier molecular flexibility index (Phi) is 7.28. The van der Waals surface area contributed by atoms with Gasteiger partial charge < -0.3 is 5.32 Å². The average molecular weight is 383 g/mol. The smallest absolute Gasteiger partial charge is 0.232 e. The molecule has 1 amide bonds. The maximum atomic E-state index is 12.6. The molecule has 0 radical (unpaired) electrons. The van der Waals surface area contributed by atoms with E-state index < -0.39 is 10.0 Å². The van der Waals surface area contributed by atoms with Crippen molar-refractivity contribution in [2.45, 2.75) is 72.3 Å². The van der Waals surface area contributed by atoms with Crippen LogP contribution in [0.5, 0.6) is 0 Å². The second kappa shape index (κ2) is 8.42. The zero-order valence-electron chi connectivity index (χ0n) is 17.4. The fraction of sp³-hybridized carbons (Fsp3) is 0.650. The molecule has 1 aromatic rings. The van der Waals surface area contributed by atoms with Crippen molar-refractivity contribution < 1.29 is 13.2 Å². The van der Waals surface area contributed by atoms with Gasteiger partial charge in [-0.2, -0.15) is 0 Å². The molecule has 0 aliphatic heterocycles. The van der Waals surface area contributed by atoms with Crippen LogP contribution in [0.3, 0.4) is 0 Å². The lowest BCUT2D eigenvalue weighted by atomic mass is 9.92. The van der Waals surface area contributed by atoms with Gasteiger partial charge in [-0.3, -0.25) is 9.10 Å². The summed E-state index contributed by atoms with van der Waals surface area (Å²) in [6, 6.07) is 5.92. The van der Waals surface area contributed by atoms with Crippen molar-refractivity contribution in [3.63, 3.8) is 0 Å². The zero-order chi connectivity index (χ0) is 20.3. The van der Waals surface area contributed by atoms with E-state index in [4.69, 9.17) is 0 Å². The van der Waals surface area contributed by atoms with E-state index in [1.165, 1.54) is 10.6 Å². The molecular formula is C20H34N2O3S. The van der Waals surface area contributed by atoms with Crippen molar-refractivity contribution in [2.75, 3.05) is 17.1 Å². The summed E-state index contributed by atoms with van der Waals surface area (Å²) in [6.07, 6.45) is 1.32. The molecule has 1 N–H and O–H groups in total. The number of carbonyl (C=O) groups excluding carboxylic acids is 1. The molecule has 0 spiro atoms. The van der Waals surface area contributed by atoms with Gasteiger partial charge >= 0.3 is 0 Å². The second-order valence-electron chi connectivity index (χ2n) is 8.48. The summed E-state index contributed by atoms with van der Waals surface area (Å²) < 4.78 is 26.5. The molecule has 0 heterocycles. The maximum absolute atomic E-state index is 12.6. The van der Waals surface area contributed by atoms with Gasteiger partial charge in [-0.1, -0.05) is 45.9 Å². The number of rotatable bonds is 7. The standard InChI is InChI=1S/C20H34N2O3S/c1-14(2)16-10-9-11-17(15(3)4)19(16)22(26(8,24)25)13-12-18(23)21-20(5,6)7/h9-11,14-15H,12-13H2,1-8H3,(H,21,23). The minimum absolute atomic E-state index is 0.119. The predicted octanol–water partition coefficient (Wildman–Crippen LogP) is 4.00. The summed E-state index contributed by atoms with van der Waals surface area (Å²) in [5, 5.41) is 2.89. The van der Waals surface area contributed by atoms with Crippen LogP contribution in [0, 0.1) is 0 Å². The first-order chi connectivity index (χ1) is 11.7. The third kappa shape index (κ3) is 6.31.